The lowest BCUT2D eigenvalue weighted by atomic mass is 10.1. The molecule has 2 amide bonds. The summed E-state index contributed by atoms with van der Waals surface area (Å²) < 4.78 is 30.3. The summed E-state index contributed by atoms with van der Waals surface area (Å²) >= 11 is 0. The Morgan fingerprint density at radius 3 is 2.11 bits per heavy atom. The minimum absolute atomic E-state index is 0.104. The Morgan fingerprint density at radius 1 is 0.929 bits per heavy atom. The number of benzene rings is 2. The molecule has 2 aromatic rings. The van der Waals surface area contributed by atoms with Gasteiger partial charge in [0.25, 0.3) is 5.91 Å². The molecule has 0 bridgehead atoms. The lowest BCUT2D eigenvalue weighted by Crippen LogP contribution is -2.36. The number of hydrogen-bond donors (Lipinski definition) is 3. The van der Waals surface area contributed by atoms with Gasteiger partial charge in [-0.2, -0.15) is 0 Å². The van der Waals surface area contributed by atoms with Crippen molar-refractivity contribution in [2.75, 3.05) is 20.7 Å². The molecule has 0 atom stereocenters. The van der Waals surface area contributed by atoms with Crippen LogP contribution in [0.25, 0.3) is 0 Å². The molecule has 0 saturated carbocycles. The van der Waals surface area contributed by atoms with E-state index < -0.39 is 10.0 Å². The molecule has 0 spiro atoms. The van der Waals surface area contributed by atoms with Crippen molar-refractivity contribution < 1.29 is 22.7 Å². The van der Waals surface area contributed by atoms with E-state index in [9.17, 15) is 18.0 Å². The van der Waals surface area contributed by atoms with E-state index in [0.717, 1.165) is 5.56 Å². The molecule has 2 aromatic carbocycles. The molecule has 28 heavy (non-hydrogen) atoms. The molecular weight excluding hydrogens is 382 g/mol. The molecular formula is C19H23N3O5S. The van der Waals surface area contributed by atoms with Crippen molar-refractivity contribution in [2.24, 2.45) is 0 Å². The van der Waals surface area contributed by atoms with E-state index in [1.807, 2.05) is 0 Å². The van der Waals surface area contributed by atoms with Crippen LogP contribution in [0.1, 0.15) is 21.5 Å². The van der Waals surface area contributed by atoms with Crippen LogP contribution in [-0.2, 0) is 27.1 Å². The highest BCUT2D eigenvalue weighted by atomic mass is 32.2. The summed E-state index contributed by atoms with van der Waals surface area (Å²) in [6.07, 6.45) is 0. The molecule has 3 N–H and O–H groups in total. The zero-order chi connectivity index (χ0) is 20.6. The van der Waals surface area contributed by atoms with Gasteiger partial charge < -0.3 is 15.4 Å². The molecule has 0 aliphatic carbocycles. The van der Waals surface area contributed by atoms with E-state index in [0.29, 0.717) is 16.9 Å². The fourth-order valence-corrected chi connectivity index (χ4v) is 3.09. The predicted octanol–water partition coefficient (Wildman–Crippen LogP) is 0.791. The van der Waals surface area contributed by atoms with Gasteiger partial charge in [-0.25, -0.2) is 13.1 Å². The number of sulfonamides is 1. The van der Waals surface area contributed by atoms with Crippen LogP contribution in [0.2, 0.25) is 0 Å². The molecule has 0 aromatic heterocycles. The quantitative estimate of drug-likeness (QED) is 0.571. The summed E-state index contributed by atoms with van der Waals surface area (Å²) in [7, 11) is -0.414. The van der Waals surface area contributed by atoms with Gasteiger partial charge in [0.15, 0.2) is 0 Å². The second kappa shape index (κ2) is 9.86. The van der Waals surface area contributed by atoms with E-state index in [1.165, 1.54) is 14.2 Å². The van der Waals surface area contributed by atoms with Crippen LogP contribution < -0.4 is 20.1 Å². The van der Waals surface area contributed by atoms with Gasteiger partial charge in [-0.3, -0.25) is 9.59 Å². The Kier molecular flexibility index (Phi) is 7.53. The van der Waals surface area contributed by atoms with Crippen molar-refractivity contribution in [2.45, 2.75) is 12.3 Å². The molecule has 0 aliphatic heterocycles. The third kappa shape index (κ3) is 6.67. The Balaban J connectivity index is 1.78. The van der Waals surface area contributed by atoms with Crippen LogP contribution in [0.5, 0.6) is 5.75 Å². The fourth-order valence-electron chi connectivity index (χ4n) is 2.31. The number of nitrogens with one attached hydrogen (secondary N) is 3. The Labute approximate surface area is 164 Å². The summed E-state index contributed by atoms with van der Waals surface area (Å²) in [6, 6.07) is 13.4. The van der Waals surface area contributed by atoms with Crippen LogP contribution in [-0.4, -0.2) is 40.9 Å². The zero-order valence-corrected chi connectivity index (χ0v) is 16.5. The average Bonchev–Trinajstić information content (AvgIpc) is 2.71. The minimum atomic E-state index is -3.32. The van der Waals surface area contributed by atoms with Crippen LogP contribution >= 0.6 is 0 Å². The van der Waals surface area contributed by atoms with Gasteiger partial charge in [-0.15, -0.1) is 0 Å². The first-order valence-electron chi connectivity index (χ1n) is 8.51. The Morgan fingerprint density at radius 2 is 1.54 bits per heavy atom. The normalized spacial score (nSPS) is 10.9. The van der Waals surface area contributed by atoms with Crippen molar-refractivity contribution in [3.8, 4) is 5.75 Å². The minimum Gasteiger partial charge on any atom is -0.497 e. The smallest absolute Gasteiger partial charge is 0.251 e. The summed E-state index contributed by atoms with van der Waals surface area (Å²) in [5, 5.41) is 5.25. The largest absolute Gasteiger partial charge is 0.497 e. The second-order valence-electron chi connectivity index (χ2n) is 5.97. The molecule has 0 fully saturated rings. The summed E-state index contributed by atoms with van der Waals surface area (Å²) in [5.41, 5.74) is 1.90. The first-order chi connectivity index (χ1) is 13.3. The molecule has 0 radical (unpaired) electrons. The molecule has 0 saturated heterocycles. The highest BCUT2D eigenvalue weighted by Crippen LogP contribution is 2.11. The predicted molar refractivity (Wildman–Crippen MR) is 105 cm³/mol. The van der Waals surface area contributed by atoms with Crippen LogP contribution in [0.3, 0.4) is 0 Å². The number of carbonyl (C=O) groups excluding carboxylic acids is 2. The Hall–Kier alpha value is -2.91. The number of carbonyl (C=O) groups is 2. The number of amides is 2. The topological polar surface area (TPSA) is 114 Å². The number of ether oxygens (including phenoxy) is 1. The number of methoxy groups -OCH3 is 1. The van der Waals surface area contributed by atoms with Gasteiger partial charge in [-0.1, -0.05) is 24.3 Å². The zero-order valence-electron chi connectivity index (χ0n) is 15.7. The van der Waals surface area contributed by atoms with Gasteiger partial charge >= 0.3 is 0 Å². The van der Waals surface area contributed by atoms with E-state index >= 15 is 0 Å². The van der Waals surface area contributed by atoms with Crippen molar-refractivity contribution >= 4 is 21.8 Å². The third-order valence-electron chi connectivity index (χ3n) is 3.94. The van der Waals surface area contributed by atoms with Crippen molar-refractivity contribution in [1.82, 2.24) is 15.4 Å². The molecule has 0 unspecified atom stereocenters. The van der Waals surface area contributed by atoms with Crippen LogP contribution in [0.15, 0.2) is 48.5 Å². The van der Waals surface area contributed by atoms with Gasteiger partial charge in [0.1, 0.15) is 5.75 Å². The van der Waals surface area contributed by atoms with Gasteiger partial charge in [0, 0.05) is 12.1 Å². The monoisotopic (exact) mass is 405 g/mol. The van der Waals surface area contributed by atoms with Crippen LogP contribution in [0, 0.1) is 0 Å². The van der Waals surface area contributed by atoms with Crippen molar-refractivity contribution in [1.29, 1.82) is 0 Å². The van der Waals surface area contributed by atoms with Crippen molar-refractivity contribution in [3.63, 3.8) is 0 Å². The first-order valence-corrected chi connectivity index (χ1v) is 10.2. The maximum absolute atomic E-state index is 12.0. The molecule has 9 heteroatoms. The molecule has 8 nitrogen and oxygen atoms in total. The van der Waals surface area contributed by atoms with Gasteiger partial charge in [-0.05, 0) is 42.4 Å². The molecule has 0 aliphatic rings. The lowest BCUT2D eigenvalue weighted by Gasteiger charge is -2.08. The highest BCUT2D eigenvalue weighted by molar-refractivity contribution is 7.88. The Bertz CT molecular complexity index is 910. The first kappa shape index (κ1) is 21.4. The number of hydrogen-bond acceptors (Lipinski definition) is 5. The summed E-state index contributed by atoms with van der Waals surface area (Å²) in [6.45, 7) is 0.125. The van der Waals surface area contributed by atoms with E-state index in [4.69, 9.17) is 4.74 Å². The molecule has 150 valence electrons. The maximum atomic E-state index is 12.0. The van der Waals surface area contributed by atoms with Crippen molar-refractivity contribution in [3.05, 3.63) is 65.2 Å². The van der Waals surface area contributed by atoms with Gasteiger partial charge in [0.05, 0.1) is 19.4 Å². The molecule has 0 heterocycles. The van der Waals surface area contributed by atoms with E-state index in [1.54, 1.807) is 48.5 Å². The summed E-state index contributed by atoms with van der Waals surface area (Å²) in [5.74, 6) is -0.145. The third-order valence-corrected chi connectivity index (χ3v) is 5.28. The maximum Gasteiger partial charge on any atom is 0.251 e. The summed E-state index contributed by atoms with van der Waals surface area (Å²) in [4.78, 5) is 23.9. The molecule has 2 rings (SSSR count). The second-order valence-corrected chi connectivity index (χ2v) is 7.89. The fraction of sp³-hybridized carbons (Fsp3) is 0.263. The van der Waals surface area contributed by atoms with Crippen LogP contribution in [0.4, 0.5) is 0 Å². The van der Waals surface area contributed by atoms with E-state index in [2.05, 4.69) is 15.4 Å². The SMILES string of the molecule is CNS(=O)(=O)Cc1ccc(CNC(=O)CNC(=O)c2ccc(OC)cc2)cc1. The highest BCUT2D eigenvalue weighted by Gasteiger charge is 2.10. The average molecular weight is 405 g/mol. The lowest BCUT2D eigenvalue weighted by molar-refractivity contribution is -0.120. The van der Waals surface area contributed by atoms with Gasteiger partial charge in [0.2, 0.25) is 15.9 Å². The standard InChI is InChI=1S/C19H23N3O5S/c1-20-28(25,26)13-15-5-3-14(4-6-15)11-21-18(23)12-22-19(24)16-7-9-17(27-2)10-8-16/h3-10,20H,11-13H2,1-2H3,(H,21,23)(H,22,24). The van der Waals surface area contributed by atoms with E-state index in [-0.39, 0.29) is 30.7 Å². The number of rotatable bonds is 9.